The van der Waals surface area contributed by atoms with E-state index in [0.29, 0.717) is 6.04 Å². The highest BCUT2D eigenvalue weighted by molar-refractivity contribution is 5.37. The van der Waals surface area contributed by atoms with Gasteiger partial charge in [-0.25, -0.2) is 0 Å². The highest BCUT2D eigenvalue weighted by Crippen LogP contribution is 2.33. The Kier molecular flexibility index (Phi) is 5.12. The molecule has 0 unspecified atom stereocenters. The van der Waals surface area contributed by atoms with Gasteiger partial charge in [0.25, 0.3) is 0 Å². The predicted octanol–water partition coefficient (Wildman–Crippen LogP) is 4.46. The standard InChI is InChI=1S/C20H25NO/c1-22-20-13-7-6-12-18(20)19(21-14-8-3-9-15-21)16-17-10-4-2-5-11-17/h2,4-7,10-13,19H,3,8-9,14-16H2,1H3/t19-/m0/s1. The third-order valence-electron chi connectivity index (χ3n) is 4.60. The second-order valence-electron chi connectivity index (χ2n) is 6.04. The summed E-state index contributed by atoms with van der Waals surface area (Å²) in [7, 11) is 1.77. The van der Waals surface area contributed by atoms with Gasteiger partial charge in [0, 0.05) is 11.6 Å². The van der Waals surface area contributed by atoms with E-state index >= 15 is 0 Å². The second-order valence-corrected chi connectivity index (χ2v) is 6.04. The van der Waals surface area contributed by atoms with Crippen molar-refractivity contribution in [2.75, 3.05) is 20.2 Å². The van der Waals surface area contributed by atoms with E-state index in [1.807, 2.05) is 0 Å². The number of hydrogen-bond donors (Lipinski definition) is 0. The maximum atomic E-state index is 5.63. The number of para-hydroxylation sites is 1. The molecule has 2 aromatic rings. The minimum Gasteiger partial charge on any atom is -0.496 e. The van der Waals surface area contributed by atoms with E-state index in [0.717, 1.165) is 12.2 Å². The van der Waals surface area contributed by atoms with Gasteiger partial charge < -0.3 is 4.74 Å². The molecule has 0 aromatic heterocycles. The first-order valence-electron chi connectivity index (χ1n) is 8.29. The number of piperidine rings is 1. The Hall–Kier alpha value is -1.80. The molecule has 22 heavy (non-hydrogen) atoms. The van der Waals surface area contributed by atoms with Gasteiger partial charge in [-0.1, -0.05) is 55.0 Å². The largest absolute Gasteiger partial charge is 0.496 e. The summed E-state index contributed by atoms with van der Waals surface area (Å²) in [4.78, 5) is 2.63. The molecule has 0 N–H and O–H groups in total. The van der Waals surface area contributed by atoms with E-state index in [1.54, 1.807) is 7.11 Å². The molecule has 3 rings (SSSR count). The minimum atomic E-state index is 0.402. The Morgan fingerprint density at radius 3 is 2.32 bits per heavy atom. The Morgan fingerprint density at radius 2 is 1.59 bits per heavy atom. The van der Waals surface area contributed by atoms with Gasteiger partial charge in [-0.2, -0.15) is 0 Å². The van der Waals surface area contributed by atoms with Crippen LogP contribution < -0.4 is 4.74 Å². The summed E-state index contributed by atoms with van der Waals surface area (Å²) in [5.41, 5.74) is 2.71. The molecule has 2 nitrogen and oxygen atoms in total. The van der Waals surface area contributed by atoms with Crippen LogP contribution >= 0.6 is 0 Å². The normalized spacial score (nSPS) is 17.1. The number of methoxy groups -OCH3 is 1. The van der Waals surface area contributed by atoms with Crippen molar-refractivity contribution in [3.8, 4) is 5.75 Å². The van der Waals surface area contributed by atoms with Crippen molar-refractivity contribution in [2.24, 2.45) is 0 Å². The van der Waals surface area contributed by atoms with Gasteiger partial charge in [-0.05, 0) is 44.0 Å². The van der Waals surface area contributed by atoms with Gasteiger partial charge >= 0.3 is 0 Å². The van der Waals surface area contributed by atoms with Crippen molar-refractivity contribution in [1.82, 2.24) is 4.90 Å². The topological polar surface area (TPSA) is 12.5 Å². The monoisotopic (exact) mass is 295 g/mol. The van der Waals surface area contributed by atoms with Crippen LogP contribution in [0.15, 0.2) is 54.6 Å². The molecule has 2 aromatic carbocycles. The van der Waals surface area contributed by atoms with Crippen LogP contribution in [0.3, 0.4) is 0 Å². The molecule has 0 aliphatic carbocycles. The molecule has 1 aliphatic heterocycles. The first-order valence-corrected chi connectivity index (χ1v) is 8.29. The minimum absolute atomic E-state index is 0.402. The molecule has 0 radical (unpaired) electrons. The molecule has 0 bridgehead atoms. The number of hydrogen-bond acceptors (Lipinski definition) is 2. The van der Waals surface area contributed by atoms with Crippen LogP contribution in [0.25, 0.3) is 0 Å². The van der Waals surface area contributed by atoms with Gasteiger partial charge in [-0.15, -0.1) is 0 Å². The highest BCUT2D eigenvalue weighted by atomic mass is 16.5. The predicted molar refractivity (Wildman–Crippen MR) is 91.3 cm³/mol. The Labute approximate surface area is 133 Å². The van der Waals surface area contributed by atoms with Crippen molar-refractivity contribution in [3.05, 3.63) is 65.7 Å². The van der Waals surface area contributed by atoms with Crippen molar-refractivity contribution in [1.29, 1.82) is 0 Å². The molecule has 1 fully saturated rings. The van der Waals surface area contributed by atoms with E-state index in [9.17, 15) is 0 Å². The fourth-order valence-corrected chi connectivity index (χ4v) is 3.44. The van der Waals surface area contributed by atoms with Crippen LogP contribution in [0.5, 0.6) is 5.75 Å². The lowest BCUT2D eigenvalue weighted by molar-refractivity contribution is 0.159. The van der Waals surface area contributed by atoms with Gasteiger partial charge in [0.1, 0.15) is 5.75 Å². The average Bonchev–Trinajstić information content (AvgIpc) is 2.61. The summed E-state index contributed by atoms with van der Waals surface area (Å²) in [5.74, 6) is 1.01. The average molecular weight is 295 g/mol. The zero-order valence-electron chi connectivity index (χ0n) is 13.4. The molecule has 1 saturated heterocycles. The van der Waals surface area contributed by atoms with Crippen molar-refractivity contribution >= 4 is 0 Å². The third-order valence-corrected chi connectivity index (χ3v) is 4.60. The summed E-state index contributed by atoms with van der Waals surface area (Å²) in [5, 5.41) is 0. The molecule has 2 heteroatoms. The lowest BCUT2D eigenvalue weighted by Crippen LogP contribution is -2.35. The molecule has 1 heterocycles. The first kappa shape index (κ1) is 15.1. The van der Waals surface area contributed by atoms with E-state index in [-0.39, 0.29) is 0 Å². The molecular weight excluding hydrogens is 270 g/mol. The molecule has 116 valence electrons. The summed E-state index contributed by atoms with van der Waals surface area (Å²) in [6, 6.07) is 19.7. The van der Waals surface area contributed by atoms with Gasteiger partial charge in [0.15, 0.2) is 0 Å². The second kappa shape index (κ2) is 7.46. The zero-order valence-corrected chi connectivity index (χ0v) is 13.4. The lowest BCUT2D eigenvalue weighted by atomic mass is 9.94. The van der Waals surface area contributed by atoms with E-state index in [1.165, 1.54) is 43.5 Å². The quantitative estimate of drug-likeness (QED) is 0.807. The maximum absolute atomic E-state index is 5.63. The van der Waals surface area contributed by atoms with E-state index in [2.05, 4.69) is 59.5 Å². The molecule has 0 saturated carbocycles. The molecular formula is C20H25NO. The van der Waals surface area contributed by atoms with Gasteiger partial charge in [0.2, 0.25) is 0 Å². The van der Waals surface area contributed by atoms with Crippen LogP contribution in [-0.4, -0.2) is 25.1 Å². The number of ether oxygens (including phenoxy) is 1. The Bertz CT molecular complexity index is 575. The van der Waals surface area contributed by atoms with Gasteiger partial charge in [-0.3, -0.25) is 4.90 Å². The van der Waals surface area contributed by atoms with Crippen LogP contribution in [-0.2, 0) is 6.42 Å². The SMILES string of the molecule is COc1ccccc1[C@H](Cc1ccccc1)N1CCCCC1. The molecule has 1 atom stereocenters. The van der Waals surface area contributed by atoms with Crippen LogP contribution in [0, 0.1) is 0 Å². The van der Waals surface area contributed by atoms with E-state index < -0.39 is 0 Å². The van der Waals surface area contributed by atoms with Crippen LogP contribution in [0.2, 0.25) is 0 Å². The number of likely N-dealkylation sites (tertiary alicyclic amines) is 1. The lowest BCUT2D eigenvalue weighted by Gasteiger charge is -2.35. The first-order chi connectivity index (χ1) is 10.9. The van der Waals surface area contributed by atoms with Crippen molar-refractivity contribution in [3.63, 3.8) is 0 Å². The van der Waals surface area contributed by atoms with E-state index in [4.69, 9.17) is 4.74 Å². The smallest absolute Gasteiger partial charge is 0.123 e. The maximum Gasteiger partial charge on any atom is 0.123 e. The van der Waals surface area contributed by atoms with Crippen molar-refractivity contribution in [2.45, 2.75) is 31.7 Å². The fraction of sp³-hybridized carbons (Fsp3) is 0.400. The number of nitrogens with zero attached hydrogens (tertiary/aromatic N) is 1. The van der Waals surface area contributed by atoms with Crippen molar-refractivity contribution < 1.29 is 4.74 Å². The summed E-state index contributed by atoms with van der Waals surface area (Å²) < 4.78 is 5.63. The summed E-state index contributed by atoms with van der Waals surface area (Å²) in [6.45, 7) is 2.38. The zero-order chi connectivity index (χ0) is 15.2. The molecule has 1 aliphatic rings. The Morgan fingerprint density at radius 1 is 0.909 bits per heavy atom. The van der Waals surface area contributed by atoms with Crippen LogP contribution in [0.4, 0.5) is 0 Å². The molecule has 0 spiro atoms. The van der Waals surface area contributed by atoms with Crippen LogP contribution in [0.1, 0.15) is 36.4 Å². The molecule has 0 amide bonds. The summed E-state index contributed by atoms with van der Waals surface area (Å²) >= 11 is 0. The fourth-order valence-electron chi connectivity index (χ4n) is 3.44. The number of benzene rings is 2. The summed E-state index contributed by atoms with van der Waals surface area (Å²) in [6.07, 6.45) is 5.02. The third kappa shape index (κ3) is 3.50. The Balaban J connectivity index is 1.91. The van der Waals surface area contributed by atoms with Gasteiger partial charge in [0.05, 0.1) is 7.11 Å². The number of rotatable bonds is 5. The highest BCUT2D eigenvalue weighted by Gasteiger charge is 2.24.